The van der Waals surface area contributed by atoms with Gasteiger partial charge >= 0.3 is 0 Å². The predicted molar refractivity (Wildman–Crippen MR) is 114 cm³/mol. The average Bonchev–Trinajstić information content (AvgIpc) is 2.97. The third kappa shape index (κ3) is 3.17. The quantitative estimate of drug-likeness (QED) is 0.543. The molecule has 0 aliphatic heterocycles. The Morgan fingerprint density at radius 1 is 1.00 bits per heavy atom. The largest absolute Gasteiger partial charge is 0.393 e. The standard InChI is InChI=1S/C26H42O/c1-17(2)6-7-18(3)22-10-11-23-21-9-8-19-16-20(27)12-14-25(19,4)24(21)13-15-26(22,23)5/h6-8,17-18,20-24,27H,9-16H2,1-5H3/b7-6+/t18-,20+,21+,22-,23+,24-,25-,26+/m1/s1. The minimum atomic E-state index is -0.0841. The Morgan fingerprint density at radius 3 is 2.52 bits per heavy atom. The normalized spacial score (nSPS) is 48.1. The number of fused-ring (bicyclic) bond motifs is 5. The van der Waals surface area contributed by atoms with Gasteiger partial charge in [0.15, 0.2) is 0 Å². The topological polar surface area (TPSA) is 20.2 Å². The number of aliphatic hydroxyl groups excluding tert-OH is 1. The van der Waals surface area contributed by atoms with E-state index >= 15 is 0 Å². The molecule has 1 heteroatoms. The Morgan fingerprint density at radius 2 is 1.78 bits per heavy atom. The molecule has 4 aliphatic rings. The van der Waals surface area contributed by atoms with Gasteiger partial charge in [-0.1, -0.05) is 58.4 Å². The first-order valence-electron chi connectivity index (χ1n) is 11.8. The van der Waals surface area contributed by atoms with Gasteiger partial charge in [0.05, 0.1) is 6.10 Å². The molecule has 3 fully saturated rings. The van der Waals surface area contributed by atoms with Crippen molar-refractivity contribution < 1.29 is 5.11 Å². The van der Waals surface area contributed by atoms with Crippen molar-refractivity contribution in [1.82, 2.24) is 0 Å². The maximum absolute atomic E-state index is 10.2. The van der Waals surface area contributed by atoms with Crippen LogP contribution in [0.25, 0.3) is 0 Å². The Hall–Kier alpha value is -0.560. The van der Waals surface area contributed by atoms with Crippen molar-refractivity contribution in [3.05, 3.63) is 23.8 Å². The fourth-order valence-electron chi connectivity index (χ4n) is 8.08. The summed E-state index contributed by atoms with van der Waals surface area (Å²) in [5.41, 5.74) is 2.52. The van der Waals surface area contributed by atoms with Crippen LogP contribution in [0.1, 0.15) is 86.0 Å². The van der Waals surface area contributed by atoms with Crippen LogP contribution in [0.15, 0.2) is 23.8 Å². The SMILES string of the molecule is CC(C)/C=C/[C@@H](C)[C@H]1CC[C@H]2[C@@H]3CC=C4C[C@@H](O)CC[C@@]4(C)[C@@H]3CC[C@@]12C. The van der Waals surface area contributed by atoms with Crippen LogP contribution in [-0.4, -0.2) is 11.2 Å². The summed E-state index contributed by atoms with van der Waals surface area (Å²) in [4.78, 5) is 0. The third-order valence-corrected chi connectivity index (χ3v) is 9.59. The van der Waals surface area contributed by atoms with Gasteiger partial charge in [-0.05, 0) is 97.7 Å². The summed E-state index contributed by atoms with van der Waals surface area (Å²) >= 11 is 0. The van der Waals surface area contributed by atoms with E-state index in [-0.39, 0.29) is 6.10 Å². The summed E-state index contributed by atoms with van der Waals surface area (Å²) in [6.07, 6.45) is 17.6. The molecular formula is C26H42O. The molecule has 0 saturated heterocycles. The predicted octanol–water partition coefficient (Wildman–Crippen LogP) is 6.77. The highest BCUT2D eigenvalue weighted by Gasteiger charge is 2.58. The van der Waals surface area contributed by atoms with E-state index in [2.05, 4.69) is 52.8 Å². The summed E-state index contributed by atoms with van der Waals surface area (Å²) in [6.45, 7) is 12.3. The van der Waals surface area contributed by atoms with Gasteiger partial charge in [-0.3, -0.25) is 0 Å². The second kappa shape index (κ2) is 7.05. The molecule has 0 radical (unpaired) electrons. The number of allylic oxidation sites excluding steroid dienone is 3. The molecule has 4 rings (SSSR count). The fraction of sp³-hybridized carbons (Fsp3) is 0.846. The summed E-state index contributed by atoms with van der Waals surface area (Å²) < 4.78 is 0. The van der Waals surface area contributed by atoms with Crippen molar-refractivity contribution in [2.45, 2.75) is 92.1 Å². The van der Waals surface area contributed by atoms with Crippen LogP contribution in [0.3, 0.4) is 0 Å². The molecule has 8 atom stereocenters. The molecule has 0 amide bonds. The van der Waals surface area contributed by atoms with E-state index in [1.807, 2.05) is 0 Å². The first kappa shape index (κ1) is 19.7. The molecule has 0 aromatic heterocycles. The smallest absolute Gasteiger partial charge is 0.0577 e. The van der Waals surface area contributed by atoms with Crippen LogP contribution < -0.4 is 0 Å². The van der Waals surface area contributed by atoms with Crippen LogP contribution in [0.2, 0.25) is 0 Å². The van der Waals surface area contributed by atoms with E-state index in [9.17, 15) is 5.11 Å². The minimum Gasteiger partial charge on any atom is -0.393 e. The van der Waals surface area contributed by atoms with Gasteiger partial charge in [-0.15, -0.1) is 0 Å². The van der Waals surface area contributed by atoms with Gasteiger partial charge in [-0.2, -0.15) is 0 Å². The van der Waals surface area contributed by atoms with E-state index in [1.165, 1.54) is 38.5 Å². The van der Waals surface area contributed by atoms with Crippen LogP contribution in [0.5, 0.6) is 0 Å². The summed E-state index contributed by atoms with van der Waals surface area (Å²) in [5, 5.41) is 10.2. The first-order valence-corrected chi connectivity index (χ1v) is 11.8. The van der Waals surface area contributed by atoms with E-state index in [0.717, 1.165) is 36.5 Å². The van der Waals surface area contributed by atoms with Gasteiger partial charge in [-0.25, -0.2) is 0 Å². The number of hydrogen-bond acceptors (Lipinski definition) is 1. The lowest BCUT2D eigenvalue weighted by Gasteiger charge is -2.58. The van der Waals surface area contributed by atoms with E-state index in [1.54, 1.807) is 5.57 Å². The summed E-state index contributed by atoms with van der Waals surface area (Å²) in [6, 6.07) is 0. The molecular weight excluding hydrogens is 328 g/mol. The second-order valence-corrected chi connectivity index (χ2v) is 11.4. The van der Waals surface area contributed by atoms with E-state index in [4.69, 9.17) is 0 Å². The molecule has 0 aromatic rings. The lowest BCUT2D eigenvalue weighted by Crippen LogP contribution is -2.50. The van der Waals surface area contributed by atoms with Crippen molar-refractivity contribution in [2.75, 3.05) is 0 Å². The molecule has 152 valence electrons. The average molecular weight is 371 g/mol. The molecule has 1 nitrogen and oxygen atoms in total. The van der Waals surface area contributed by atoms with Crippen molar-refractivity contribution in [3.8, 4) is 0 Å². The minimum absolute atomic E-state index is 0.0841. The van der Waals surface area contributed by atoms with Gasteiger partial charge in [0.2, 0.25) is 0 Å². The first-order chi connectivity index (χ1) is 12.8. The monoisotopic (exact) mass is 370 g/mol. The van der Waals surface area contributed by atoms with Crippen molar-refractivity contribution in [3.63, 3.8) is 0 Å². The highest BCUT2D eigenvalue weighted by Crippen LogP contribution is 2.67. The zero-order valence-corrected chi connectivity index (χ0v) is 18.4. The molecule has 0 heterocycles. The molecule has 0 unspecified atom stereocenters. The van der Waals surface area contributed by atoms with Crippen LogP contribution in [0, 0.1) is 46.3 Å². The molecule has 0 aromatic carbocycles. The highest BCUT2D eigenvalue weighted by atomic mass is 16.3. The van der Waals surface area contributed by atoms with Crippen LogP contribution >= 0.6 is 0 Å². The summed E-state index contributed by atoms with van der Waals surface area (Å²) in [7, 11) is 0. The van der Waals surface area contributed by atoms with Crippen LogP contribution in [-0.2, 0) is 0 Å². The molecule has 27 heavy (non-hydrogen) atoms. The molecule has 0 bridgehead atoms. The second-order valence-electron chi connectivity index (χ2n) is 11.4. The molecule has 0 spiro atoms. The van der Waals surface area contributed by atoms with E-state index < -0.39 is 0 Å². The van der Waals surface area contributed by atoms with Crippen molar-refractivity contribution >= 4 is 0 Å². The fourth-order valence-corrected chi connectivity index (χ4v) is 8.08. The molecule has 3 saturated carbocycles. The molecule has 4 aliphatic carbocycles. The van der Waals surface area contributed by atoms with Crippen molar-refractivity contribution in [1.29, 1.82) is 0 Å². The van der Waals surface area contributed by atoms with Gasteiger partial charge in [0, 0.05) is 0 Å². The third-order valence-electron chi connectivity index (χ3n) is 9.59. The Kier molecular flexibility index (Phi) is 5.15. The molecule has 1 N–H and O–H groups in total. The van der Waals surface area contributed by atoms with Gasteiger partial charge in [0.25, 0.3) is 0 Å². The zero-order chi connectivity index (χ0) is 19.4. The Balaban J connectivity index is 1.57. The van der Waals surface area contributed by atoms with Gasteiger partial charge in [0.1, 0.15) is 0 Å². The van der Waals surface area contributed by atoms with Gasteiger partial charge < -0.3 is 5.11 Å². The van der Waals surface area contributed by atoms with E-state index in [0.29, 0.717) is 22.7 Å². The lowest BCUT2D eigenvalue weighted by molar-refractivity contribution is -0.0540. The number of hydrogen-bond donors (Lipinski definition) is 1. The van der Waals surface area contributed by atoms with Crippen LogP contribution in [0.4, 0.5) is 0 Å². The maximum Gasteiger partial charge on any atom is 0.0577 e. The highest BCUT2D eigenvalue weighted by molar-refractivity contribution is 5.25. The maximum atomic E-state index is 10.2. The van der Waals surface area contributed by atoms with Crippen molar-refractivity contribution in [2.24, 2.45) is 46.3 Å². The zero-order valence-electron chi connectivity index (χ0n) is 18.4. The Labute approximate surface area is 167 Å². The number of aliphatic hydroxyl groups is 1. The Bertz CT molecular complexity index is 616. The summed E-state index contributed by atoms with van der Waals surface area (Å²) in [5.74, 6) is 4.91. The lowest BCUT2D eigenvalue weighted by atomic mass is 9.47. The number of rotatable bonds is 3.